The number of halogens is 2. The molecule has 2 rings (SSSR count). The predicted molar refractivity (Wildman–Crippen MR) is 66.6 cm³/mol. The van der Waals surface area contributed by atoms with E-state index in [1.165, 1.54) is 6.07 Å². The maximum Gasteiger partial charge on any atom is 0.129 e. The van der Waals surface area contributed by atoms with Gasteiger partial charge < -0.3 is 5.32 Å². The number of hydrogen-bond donors (Lipinski definition) is 1. The Morgan fingerprint density at radius 3 is 2.75 bits per heavy atom. The van der Waals surface area contributed by atoms with E-state index in [-0.39, 0.29) is 11.9 Å². The largest absolute Gasteiger partial charge is 0.309 e. The first-order valence-electron chi connectivity index (χ1n) is 4.86. The van der Waals surface area contributed by atoms with Crippen LogP contribution in [-0.4, -0.2) is 7.05 Å². The van der Waals surface area contributed by atoms with Gasteiger partial charge in [-0.15, -0.1) is 0 Å². The molecule has 0 aliphatic heterocycles. The fourth-order valence-electron chi connectivity index (χ4n) is 1.68. The van der Waals surface area contributed by atoms with Gasteiger partial charge in [-0.05, 0) is 41.6 Å². The van der Waals surface area contributed by atoms with Gasteiger partial charge in [-0.2, -0.15) is 11.3 Å². The minimum absolute atomic E-state index is 0.122. The summed E-state index contributed by atoms with van der Waals surface area (Å²) in [6.07, 6.45) is 0. The molecule has 0 fully saturated rings. The van der Waals surface area contributed by atoms with E-state index >= 15 is 0 Å². The molecule has 84 valence electrons. The van der Waals surface area contributed by atoms with Crippen LogP contribution in [0.4, 0.5) is 4.39 Å². The predicted octanol–water partition coefficient (Wildman–Crippen LogP) is 3.85. The van der Waals surface area contributed by atoms with Gasteiger partial charge >= 0.3 is 0 Å². The normalized spacial score (nSPS) is 12.7. The van der Waals surface area contributed by atoms with Crippen molar-refractivity contribution in [3.8, 4) is 0 Å². The maximum absolute atomic E-state index is 13.8. The third-order valence-electron chi connectivity index (χ3n) is 2.44. The van der Waals surface area contributed by atoms with Crippen LogP contribution in [0.3, 0.4) is 0 Å². The number of nitrogens with one attached hydrogen (secondary N) is 1. The molecule has 16 heavy (non-hydrogen) atoms. The van der Waals surface area contributed by atoms with Crippen LogP contribution in [0.2, 0.25) is 5.02 Å². The van der Waals surface area contributed by atoms with Crippen LogP contribution in [0.1, 0.15) is 17.2 Å². The lowest BCUT2D eigenvalue weighted by Crippen LogP contribution is -2.18. The Labute approximate surface area is 103 Å². The average molecular weight is 256 g/mol. The van der Waals surface area contributed by atoms with Gasteiger partial charge in [0.25, 0.3) is 0 Å². The lowest BCUT2D eigenvalue weighted by molar-refractivity contribution is 0.577. The quantitative estimate of drug-likeness (QED) is 0.879. The van der Waals surface area contributed by atoms with Crippen LogP contribution in [0, 0.1) is 5.82 Å². The third kappa shape index (κ3) is 2.26. The Morgan fingerprint density at radius 2 is 2.19 bits per heavy atom. The summed E-state index contributed by atoms with van der Waals surface area (Å²) in [5, 5.41) is 7.51. The highest BCUT2D eigenvalue weighted by atomic mass is 35.5. The topological polar surface area (TPSA) is 12.0 Å². The van der Waals surface area contributed by atoms with Gasteiger partial charge in [0.1, 0.15) is 5.82 Å². The van der Waals surface area contributed by atoms with Crippen LogP contribution in [0.15, 0.2) is 35.0 Å². The van der Waals surface area contributed by atoms with Crippen molar-refractivity contribution in [2.45, 2.75) is 6.04 Å². The van der Waals surface area contributed by atoms with Crippen molar-refractivity contribution in [1.29, 1.82) is 0 Å². The van der Waals surface area contributed by atoms with Gasteiger partial charge in [-0.25, -0.2) is 4.39 Å². The molecule has 1 aromatic heterocycles. The SMILES string of the molecule is CNC(c1ccsc1)c1ccc(Cl)cc1F. The summed E-state index contributed by atoms with van der Waals surface area (Å²) in [7, 11) is 1.82. The molecule has 1 unspecified atom stereocenters. The standard InChI is InChI=1S/C12H11ClFNS/c1-15-12(8-4-5-16-7-8)10-3-2-9(13)6-11(10)14/h2-7,12,15H,1H3. The van der Waals surface area contributed by atoms with Crippen LogP contribution in [0.25, 0.3) is 0 Å². The second-order valence-corrected chi connectivity index (χ2v) is 4.66. The van der Waals surface area contributed by atoms with E-state index in [1.807, 2.05) is 23.9 Å². The Bertz CT molecular complexity index is 470. The summed E-state index contributed by atoms with van der Waals surface area (Å²) < 4.78 is 13.8. The molecule has 0 radical (unpaired) electrons. The fourth-order valence-corrected chi connectivity index (χ4v) is 2.52. The van der Waals surface area contributed by atoms with Crippen molar-refractivity contribution in [3.05, 3.63) is 57.0 Å². The molecule has 1 N–H and O–H groups in total. The smallest absolute Gasteiger partial charge is 0.129 e. The zero-order chi connectivity index (χ0) is 11.5. The van der Waals surface area contributed by atoms with E-state index in [0.29, 0.717) is 10.6 Å². The summed E-state index contributed by atoms with van der Waals surface area (Å²) in [5.74, 6) is -0.280. The molecule has 4 heteroatoms. The minimum atomic E-state index is -0.280. The Balaban J connectivity index is 2.41. The Kier molecular flexibility index (Phi) is 3.59. The third-order valence-corrected chi connectivity index (χ3v) is 3.38. The molecule has 1 aromatic carbocycles. The lowest BCUT2D eigenvalue weighted by Gasteiger charge is -2.16. The second-order valence-electron chi connectivity index (χ2n) is 3.44. The minimum Gasteiger partial charge on any atom is -0.309 e. The van der Waals surface area contributed by atoms with Gasteiger partial charge in [0, 0.05) is 10.6 Å². The van der Waals surface area contributed by atoms with Gasteiger partial charge in [0.2, 0.25) is 0 Å². The van der Waals surface area contributed by atoms with Gasteiger partial charge in [-0.3, -0.25) is 0 Å². The molecule has 0 saturated heterocycles. The Hall–Kier alpha value is -0.900. The molecule has 1 nitrogen and oxygen atoms in total. The number of hydrogen-bond acceptors (Lipinski definition) is 2. The molecule has 2 aromatic rings. The summed E-state index contributed by atoms with van der Waals surface area (Å²) in [6.45, 7) is 0. The van der Waals surface area contributed by atoms with E-state index in [0.717, 1.165) is 5.56 Å². The van der Waals surface area contributed by atoms with Gasteiger partial charge in [-0.1, -0.05) is 17.7 Å². The van der Waals surface area contributed by atoms with Crippen LogP contribution in [-0.2, 0) is 0 Å². The molecule has 0 amide bonds. The molecule has 0 saturated carbocycles. The highest BCUT2D eigenvalue weighted by molar-refractivity contribution is 7.08. The number of benzene rings is 1. The van der Waals surface area contributed by atoms with Crippen molar-refractivity contribution < 1.29 is 4.39 Å². The van der Waals surface area contributed by atoms with Crippen molar-refractivity contribution in [2.24, 2.45) is 0 Å². The molecule has 1 heterocycles. The fraction of sp³-hybridized carbons (Fsp3) is 0.167. The zero-order valence-electron chi connectivity index (χ0n) is 8.71. The van der Waals surface area contributed by atoms with Crippen molar-refractivity contribution in [3.63, 3.8) is 0 Å². The first-order valence-corrected chi connectivity index (χ1v) is 6.18. The molecule has 0 bridgehead atoms. The van der Waals surface area contributed by atoms with E-state index < -0.39 is 0 Å². The first kappa shape index (κ1) is 11.6. The van der Waals surface area contributed by atoms with Crippen LogP contribution < -0.4 is 5.32 Å². The van der Waals surface area contributed by atoms with Crippen molar-refractivity contribution >= 4 is 22.9 Å². The molecule has 0 spiro atoms. The van der Waals surface area contributed by atoms with Crippen molar-refractivity contribution in [2.75, 3.05) is 7.05 Å². The molecular weight excluding hydrogens is 245 g/mol. The summed E-state index contributed by atoms with van der Waals surface area (Å²) in [4.78, 5) is 0. The van der Waals surface area contributed by atoms with E-state index in [1.54, 1.807) is 23.5 Å². The molecule has 0 aliphatic carbocycles. The first-order chi connectivity index (χ1) is 7.72. The van der Waals surface area contributed by atoms with Gasteiger partial charge in [0.05, 0.1) is 6.04 Å². The lowest BCUT2D eigenvalue weighted by atomic mass is 10.0. The van der Waals surface area contributed by atoms with Crippen LogP contribution in [0.5, 0.6) is 0 Å². The second kappa shape index (κ2) is 4.95. The molecule has 0 aliphatic rings. The zero-order valence-corrected chi connectivity index (χ0v) is 10.3. The number of thiophene rings is 1. The van der Waals surface area contributed by atoms with E-state index in [9.17, 15) is 4.39 Å². The van der Waals surface area contributed by atoms with Crippen molar-refractivity contribution in [1.82, 2.24) is 5.32 Å². The number of rotatable bonds is 3. The van der Waals surface area contributed by atoms with Gasteiger partial charge in [0.15, 0.2) is 0 Å². The summed E-state index contributed by atoms with van der Waals surface area (Å²) >= 11 is 7.33. The van der Waals surface area contributed by atoms with Crippen LogP contribution >= 0.6 is 22.9 Å². The highest BCUT2D eigenvalue weighted by Crippen LogP contribution is 2.27. The summed E-state index contributed by atoms with van der Waals surface area (Å²) in [5.41, 5.74) is 1.68. The van der Waals surface area contributed by atoms with E-state index in [4.69, 9.17) is 11.6 Å². The molecular formula is C12H11ClFNS. The highest BCUT2D eigenvalue weighted by Gasteiger charge is 2.16. The Morgan fingerprint density at radius 1 is 1.38 bits per heavy atom. The molecule has 1 atom stereocenters. The maximum atomic E-state index is 13.8. The monoisotopic (exact) mass is 255 g/mol. The van der Waals surface area contributed by atoms with E-state index in [2.05, 4.69) is 5.32 Å². The average Bonchev–Trinajstić information content (AvgIpc) is 2.75. The summed E-state index contributed by atoms with van der Waals surface area (Å²) in [6, 6.07) is 6.63.